The van der Waals surface area contributed by atoms with Crippen molar-refractivity contribution in [1.82, 2.24) is 9.21 Å². The Balaban J connectivity index is 1.66. The fraction of sp³-hybridized carbons (Fsp3) is 0.600. The van der Waals surface area contributed by atoms with E-state index in [1.165, 1.54) is 28.6 Å². The summed E-state index contributed by atoms with van der Waals surface area (Å²) in [7, 11) is -3.61. The second-order valence-corrected chi connectivity index (χ2v) is 9.63. The van der Waals surface area contributed by atoms with E-state index in [0.29, 0.717) is 32.1 Å². The highest BCUT2D eigenvalue weighted by atomic mass is 32.2. The topological polar surface area (TPSA) is 84.0 Å². The molecule has 1 amide bonds. The number of ether oxygens (including phenoxy) is 1. The predicted molar refractivity (Wildman–Crippen MR) is 104 cm³/mol. The molecule has 0 bridgehead atoms. The number of nitrogens with zero attached hydrogens (tertiary/aromatic N) is 2. The molecule has 3 rings (SSSR count). The quantitative estimate of drug-likeness (QED) is 0.698. The van der Waals surface area contributed by atoms with Crippen molar-refractivity contribution < 1.29 is 22.7 Å². The lowest BCUT2D eigenvalue weighted by Gasteiger charge is -2.31. The van der Waals surface area contributed by atoms with Crippen LogP contribution in [0, 0.1) is 5.92 Å². The number of hydrogen-bond donors (Lipinski definition) is 0. The van der Waals surface area contributed by atoms with Gasteiger partial charge in [-0.1, -0.05) is 13.0 Å². The molecule has 2 fully saturated rings. The fourth-order valence-corrected chi connectivity index (χ4v) is 5.19. The van der Waals surface area contributed by atoms with E-state index >= 15 is 0 Å². The lowest BCUT2D eigenvalue weighted by atomic mass is 9.99. The summed E-state index contributed by atoms with van der Waals surface area (Å²) >= 11 is 0. The summed E-state index contributed by atoms with van der Waals surface area (Å²) in [6.45, 7) is 6.06. The first kappa shape index (κ1) is 20.8. The second kappa shape index (κ2) is 8.61. The van der Waals surface area contributed by atoms with Gasteiger partial charge < -0.3 is 9.64 Å². The van der Waals surface area contributed by atoms with Crippen molar-refractivity contribution in [2.24, 2.45) is 5.92 Å². The zero-order valence-corrected chi connectivity index (χ0v) is 17.3. The van der Waals surface area contributed by atoms with Crippen LogP contribution >= 0.6 is 0 Å². The van der Waals surface area contributed by atoms with Crippen molar-refractivity contribution in [1.29, 1.82) is 0 Å². The molecule has 0 unspecified atom stereocenters. The molecule has 1 aromatic carbocycles. The van der Waals surface area contributed by atoms with Crippen LogP contribution in [-0.4, -0.2) is 61.8 Å². The Kier molecular flexibility index (Phi) is 6.40. The minimum absolute atomic E-state index is 0.0767. The summed E-state index contributed by atoms with van der Waals surface area (Å²) in [5.41, 5.74) is 0.132. The smallest absolute Gasteiger partial charge is 0.338 e. The van der Waals surface area contributed by atoms with Gasteiger partial charge >= 0.3 is 5.97 Å². The van der Waals surface area contributed by atoms with Gasteiger partial charge in [-0.05, 0) is 56.7 Å². The van der Waals surface area contributed by atoms with Crippen LogP contribution in [0.1, 0.15) is 49.9 Å². The van der Waals surface area contributed by atoms with E-state index in [-0.39, 0.29) is 16.4 Å². The van der Waals surface area contributed by atoms with Crippen LogP contribution in [0.4, 0.5) is 0 Å². The Bertz CT molecular complexity index is 825. The number of hydrogen-bond acceptors (Lipinski definition) is 5. The summed E-state index contributed by atoms with van der Waals surface area (Å²) < 4.78 is 32.1. The van der Waals surface area contributed by atoms with Crippen LogP contribution in [0.15, 0.2) is 29.2 Å². The molecule has 0 aliphatic carbocycles. The van der Waals surface area contributed by atoms with E-state index in [1.807, 2.05) is 0 Å². The second-order valence-electron chi connectivity index (χ2n) is 7.69. The summed E-state index contributed by atoms with van der Waals surface area (Å²) in [6.07, 6.45) is 2.68. The maximum Gasteiger partial charge on any atom is 0.338 e. The molecule has 8 heteroatoms. The number of esters is 1. The first-order valence-electron chi connectivity index (χ1n) is 9.89. The SMILES string of the molecule is CC1CCN(C(=O)[C@H](C)OC(=O)c2cccc(S(=O)(=O)N3CCCC3)c2)CC1. The van der Waals surface area contributed by atoms with Crippen molar-refractivity contribution in [3.8, 4) is 0 Å². The van der Waals surface area contributed by atoms with Gasteiger partial charge in [0.25, 0.3) is 5.91 Å². The molecule has 0 radical (unpaired) electrons. The normalized spacial score (nSPS) is 20.1. The largest absolute Gasteiger partial charge is 0.449 e. The molecule has 0 N–H and O–H groups in total. The van der Waals surface area contributed by atoms with E-state index in [4.69, 9.17) is 4.74 Å². The Hall–Kier alpha value is -1.93. The molecule has 1 atom stereocenters. The molecule has 0 spiro atoms. The molecule has 2 saturated heterocycles. The Labute approximate surface area is 166 Å². The van der Waals surface area contributed by atoms with Crippen LogP contribution in [-0.2, 0) is 19.6 Å². The van der Waals surface area contributed by atoms with Gasteiger partial charge in [0, 0.05) is 26.2 Å². The first-order valence-corrected chi connectivity index (χ1v) is 11.3. The van der Waals surface area contributed by atoms with Crippen LogP contribution in [0.5, 0.6) is 0 Å². The van der Waals surface area contributed by atoms with Gasteiger partial charge in [-0.3, -0.25) is 4.79 Å². The molecule has 0 saturated carbocycles. The molecule has 2 aliphatic rings. The first-order chi connectivity index (χ1) is 13.3. The van der Waals surface area contributed by atoms with E-state index in [0.717, 1.165) is 25.7 Å². The third-order valence-corrected chi connectivity index (χ3v) is 7.39. The summed E-state index contributed by atoms with van der Waals surface area (Å²) in [5.74, 6) is -0.298. The molecule has 2 aliphatic heterocycles. The maximum absolute atomic E-state index is 12.7. The average molecular weight is 409 g/mol. The third kappa shape index (κ3) is 4.55. The summed E-state index contributed by atoms with van der Waals surface area (Å²) in [4.78, 5) is 26.8. The molecule has 2 heterocycles. The highest BCUT2D eigenvalue weighted by Gasteiger charge is 2.29. The molecule has 7 nitrogen and oxygen atoms in total. The number of amides is 1. The van der Waals surface area contributed by atoms with Gasteiger partial charge in [-0.15, -0.1) is 0 Å². The van der Waals surface area contributed by atoms with Crippen molar-refractivity contribution in [2.45, 2.75) is 50.5 Å². The lowest BCUT2D eigenvalue weighted by molar-refractivity contribution is -0.141. The minimum Gasteiger partial charge on any atom is -0.449 e. The fourth-order valence-electron chi connectivity index (χ4n) is 3.63. The van der Waals surface area contributed by atoms with Crippen LogP contribution in [0.2, 0.25) is 0 Å². The zero-order chi connectivity index (χ0) is 20.3. The molecule has 28 heavy (non-hydrogen) atoms. The van der Waals surface area contributed by atoms with Crippen LogP contribution < -0.4 is 0 Å². The number of rotatable bonds is 5. The monoisotopic (exact) mass is 408 g/mol. The number of sulfonamides is 1. The molecular formula is C20H28N2O5S. The predicted octanol–water partition coefficient (Wildman–Crippen LogP) is 2.27. The number of benzene rings is 1. The maximum atomic E-state index is 12.7. The molecular weight excluding hydrogens is 380 g/mol. The summed E-state index contributed by atoms with van der Waals surface area (Å²) in [5, 5.41) is 0. The standard InChI is InChI=1S/C20H28N2O5S/c1-15-8-12-21(13-9-15)19(23)16(2)27-20(24)17-6-5-7-18(14-17)28(25,26)22-10-3-4-11-22/h5-7,14-16H,3-4,8-13H2,1-2H3/t16-/m0/s1. The van der Waals surface area contributed by atoms with E-state index in [2.05, 4.69) is 6.92 Å². The number of carbonyl (C=O) groups is 2. The van der Waals surface area contributed by atoms with Crippen LogP contribution in [0.25, 0.3) is 0 Å². The van der Waals surface area contributed by atoms with Crippen LogP contribution in [0.3, 0.4) is 0 Å². The van der Waals surface area contributed by atoms with Crippen molar-refractivity contribution in [2.75, 3.05) is 26.2 Å². The number of piperidine rings is 1. The van der Waals surface area contributed by atoms with E-state index in [1.54, 1.807) is 11.8 Å². The van der Waals surface area contributed by atoms with Gasteiger partial charge in [-0.2, -0.15) is 4.31 Å². The van der Waals surface area contributed by atoms with Crippen molar-refractivity contribution >= 4 is 21.9 Å². The lowest BCUT2D eigenvalue weighted by Crippen LogP contribution is -2.44. The highest BCUT2D eigenvalue weighted by molar-refractivity contribution is 7.89. The zero-order valence-electron chi connectivity index (χ0n) is 16.5. The van der Waals surface area contributed by atoms with Gasteiger partial charge in [0.15, 0.2) is 6.10 Å². The summed E-state index contributed by atoms with van der Waals surface area (Å²) in [6, 6.07) is 5.84. The van der Waals surface area contributed by atoms with E-state index in [9.17, 15) is 18.0 Å². The van der Waals surface area contributed by atoms with Gasteiger partial charge in [0.2, 0.25) is 10.0 Å². The highest BCUT2D eigenvalue weighted by Crippen LogP contribution is 2.22. The van der Waals surface area contributed by atoms with Crippen molar-refractivity contribution in [3.05, 3.63) is 29.8 Å². The Morgan fingerprint density at radius 3 is 2.39 bits per heavy atom. The molecule has 1 aromatic rings. The number of carbonyl (C=O) groups excluding carboxylic acids is 2. The van der Waals surface area contributed by atoms with E-state index < -0.39 is 22.1 Å². The third-order valence-electron chi connectivity index (χ3n) is 5.50. The average Bonchev–Trinajstić information content (AvgIpc) is 3.24. The minimum atomic E-state index is -3.61. The molecule has 0 aromatic heterocycles. The van der Waals surface area contributed by atoms with Crippen molar-refractivity contribution in [3.63, 3.8) is 0 Å². The van der Waals surface area contributed by atoms with Gasteiger partial charge in [0.1, 0.15) is 0 Å². The molecule has 154 valence electrons. The van der Waals surface area contributed by atoms with Gasteiger partial charge in [-0.25, -0.2) is 13.2 Å². The Morgan fingerprint density at radius 2 is 1.75 bits per heavy atom. The Morgan fingerprint density at radius 1 is 1.11 bits per heavy atom. The number of likely N-dealkylation sites (tertiary alicyclic amines) is 1. The van der Waals surface area contributed by atoms with Gasteiger partial charge in [0.05, 0.1) is 10.5 Å².